The molecule has 0 aromatic heterocycles. The minimum Gasteiger partial charge on any atom is -0.444 e. The topological polar surface area (TPSA) is 50.4 Å². The molecule has 0 heterocycles. The van der Waals surface area contributed by atoms with E-state index in [-0.39, 0.29) is 6.09 Å². The van der Waals surface area contributed by atoms with Gasteiger partial charge in [0, 0.05) is 12.6 Å². The Morgan fingerprint density at radius 1 is 1.19 bits per heavy atom. The number of carbonyl (C=O) groups is 1. The summed E-state index contributed by atoms with van der Waals surface area (Å²) in [6, 6.07) is 0.653. The van der Waals surface area contributed by atoms with Gasteiger partial charge in [0.15, 0.2) is 0 Å². The van der Waals surface area contributed by atoms with Gasteiger partial charge in [-0.2, -0.15) is 0 Å². The van der Waals surface area contributed by atoms with Gasteiger partial charge in [0.1, 0.15) is 5.60 Å². The predicted octanol–water partition coefficient (Wildman–Crippen LogP) is 3.71. The molecule has 4 nitrogen and oxygen atoms in total. The fraction of sp³-hybridized carbons (Fsp3) is 0.941. The van der Waals surface area contributed by atoms with Crippen molar-refractivity contribution in [1.29, 1.82) is 0 Å². The molecule has 2 atom stereocenters. The molecule has 0 bridgehead atoms. The smallest absolute Gasteiger partial charge is 0.407 e. The van der Waals surface area contributed by atoms with Gasteiger partial charge < -0.3 is 15.4 Å². The number of ether oxygens (including phenoxy) is 1. The van der Waals surface area contributed by atoms with E-state index in [9.17, 15) is 4.79 Å². The number of amides is 1. The minimum absolute atomic E-state index is 0.319. The Balaban J connectivity index is 2.14. The predicted molar refractivity (Wildman–Crippen MR) is 87.4 cm³/mol. The van der Waals surface area contributed by atoms with E-state index in [1.807, 2.05) is 20.8 Å². The van der Waals surface area contributed by atoms with Crippen molar-refractivity contribution in [3.8, 4) is 0 Å². The van der Waals surface area contributed by atoms with Crippen LogP contribution in [0.15, 0.2) is 0 Å². The van der Waals surface area contributed by atoms with Crippen LogP contribution in [0.1, 0.15) is 66.7 Å². The van der Waals surface area contributed by atoms with Crippen LogP contribution in [0.3, 0.4) is 0 Å². The largest absolute Gasteiger partial charge is 0.444 e. The fourth-order valence-electron chi connectivity index (χ4n) is 3.09. The van der Waals surface area contributed by atoms with Crippen molar-refractivity contribution in [2.45, 2.75) is 78.4 Å². The number of nitrogens with one attached hydrogen (secondary N) is 2. The molecule has 1 amide bonds. The molecule has 2 N–H and O–H groups in total. The Labute approximate surface area is 130 Å². The molecule has 4 heteroatoms. The highest BCUT2D eigenvalue weighted by Gasteiger charge is 2.26. The second kappa shape index (κ2) is 8.62. The van der Waals surface area contributed by atoms with Crippen molar-refractivity contribution in [3.63, 3.8) is 0 Å². The summed E-state index contributed by atoms with van der Waals surface area (Å²) in [7, 11) is 0. The maximum absolute atomic E-state index is 11.5. The molecule has 2 unspecified atom stereocenters. The van der Waals surface area contributed by atoms with Crippen molar-refractivity contribution in [2.24, 2.45) is 11.8 Å². The number of hydrogen-bond donors (Lipinski definition) is 2. The van der Waals surface area contributed by atoms with Crippen molar-refractivity contribution in [2.75, 3.05) is 13.1 Å². The summed E-state index contributed by atoms with van der Waals surface area (Å²) in [4.78, 5) is 11.5. The maximum atomic E-state index is 11.5. The lowest BCUT2D eigenvalue weighted by atomic mass is 9.78. The summed E-state index contributed by atoms with van der Waals surface area (Å²) >= 11 is 0. The first-order valence-corrected chi connectivity index (χ1v) is 8.50. The molecule has 1 fully saturated rings. The Morgan fingerprint density at radius 3 is 2.48 bits per heavy atom. The van der Waals surface area contributed by atoms with Crippen LogP contribution in [-0.2, 0) is 4.74 Å². The summed E-state index contributed by atoms with van der Waals surface area (Å²) in [5.41, 5.74) is -0.422. The third-order valence-electron chi connectivity index (χ3n) is 4.10. The Morgan fingerprint density at radius 2 is 1.86 bits per heavy atom. The van der Waals surface area contributed by atoms with Crippen LogP contribution in [0.5, 0.6) is 0 Å². The first-order valence-electron chi connectivity index (χ1n) is 8.50. The van der Waals surface area contributed by atoms with Crippen LogP contribution in [0.2, 0.25) is 0 Å². The summed E-state index contributed by atoms with van der Waals surface area (Å²) in [5, 5.41) is 6.49. The molecule has 0 aromatic carbocycles. The molecular formula is C17H34N2O2. The minimum atomic E-state index is -0.422. The Bertz CT molecular complexity index is 310. The van der Waals surface area contributed by atoms with Gasteiger partial charge >= 0.3 is 6.09 Å². The monoisotopic (exact) mass is 298 g/mol. The number of carbonyl (C=O) groups excluding carboxylic acids is 1. The van der Waals surface area contributed by atoms with Gasteiger partial charge in [-0.1, -0.05) is 26.7 Å². The van der Waals surface area contributed by atoms with Crippen molar-refractivity contribution in [1.82, 2.24) is 10.6 Å². The van der Waals surface area contributed by atoms with Crippen LogP contribution in [-0.4, -0.2) is 30.8 Å². The molecule has 1 rings (SSSR count). The maximum Gasteiger partial charge on any atom is 0.407 e. The standard InChI is InChI=1S/C17H34N2O2/c1-13(2)14-9-6-7-10-15(14)18-11-8-12-19-16(20)21-17(3,4)5/h13-15,18H,6-12H2,1-5H3,(H,19,20). The van der Waals surface area contributed by atoms with E-state index in [1.165, 1.54) is 25.7 Å². The molecular weight excluding hydrogens is 264 g/mol. The average Bonchev–Trinajstić information content (AvgIpc) is 2.36. The van der Waals surface area contributed by atoms with Crippen LogP contribution < -0.4 is 10.6 Å². The number of hydrogen-bond acceptors (Lipinski definition) is 3. The van der Waals surface area contributed by atoms with E-state index in [1.54, 1.807) is 0 Å². The quantitative estimate of drug-likeness (QED) is 0.735. The van der Waals surface area contributed by atoms with Crippen molar-refractivity contribution >= 4 is 6.09 Å². The van der Waals surface area contributed by atoms with E-state index in [2.05, 4.69) is 24.5 Å². The van der Waals surface area contributed by atoms with Gasteiger partial charge in [0.2, 0.25) is 0 Å². The van der Waals surface area contributed by atoms with Gasteiger partial charge in [-0.05, 0) is 58.4 Å². The highest BCUT2D eigenvalue weighted by atomic mass is 16.6. The first kappa shape index (κ1) is 18.3. The molecule has 1 aliphatic carbocycles. The summed E-state index contributed by atoms with van der Waals surface area (Å²) in [5.74, 6) is 1.56. The van der Waals surface area contributed by atoms with Crippen LogP contribution >= 0.6 is 0 Å². The lowest BCUT2D eigenvalue weighted by Crippen LogP contribution is -2.42. The zero-order valence-corrected chi connectivity index (χ0v) is 14.5. The van der Waals surface area contributed by atoms with Crippen LogP contribution in [0.25, 0.3) is 0 Å². The van der Waals surface area contributed by atoms with Crippen LogP contribution in [0, 0.1) is 11.8 Å². The highest BCUT2D eigenvalue weighted by molar-refractivity contribution is 5.67. The first-order chi connectivity index (χ1) is 9.79. The summed E-state index contributed by atoms with van der Waals surface area (Å²) in [6.45, 7) is 11.9. The molecule has 0 spiro atoms. The number of rotatable bonds is 6. The van der Waals surface area contributed by atoms with E-state index in [0.29, 0.717) is 12.6 Å². The van der Waals surface area contributed by atoms with E-state index >= 15 is 0 Å². The van der Waals surface area contributed by atoms with Crippen LogP contribution in [0.4, 0.5) is 4.79 Å². The zero-order valence-electron chi connectivity index (χ0n) is 14.5. The Hall–Kier alpha value is -0.770. The molecule has 0 saturated heterocycles. The third kappa shape index (κ3) is 7.70. The van der Waals surface area contributed by atoms with E-state index in [0.717, 1.165) is 24.8 Å². The molecule has 124 valence electrons. The number of alkyl carbamates (subject to hydrolysis) is 1. The van der Waals surface area contributed by atoms with E-state index < -0.39 is 5.60 Å². The molecule has 0 aliphatic heterocycles. The second-order valence-corrected chi connectivity index (χ2v) is 7.54. The average molecular weight is 298 g/mol. The molecule has 0 radical (unpaired) electrons. The van der Waals surface area contributed by atoms with Gasteiger partial charge in [-0.25, -0.2) is 4.79 Å². The van der Waals surface area contributed by atoms with Gasteiger partial charge in [0.25, 0.3) is 0 Å². The molecule has 0 aromatic rings. The van der Waals surface area contributed by atoms with E-state index in [4.69, 9.17) is 4.74 Å². The van der Waals surface area contributed by atoms with Gasteiger partial charge in [-0.15, -0.1) is 0 Å². The van der Waals surface area contributed by atoms with Gasteiger partial charge in [-0.3, -0.25) is 0 Å². The summed E-state index contributed by atoms with van der Waals surface area (Å²) < 4.78 is 5.21. The molecule has 1 saturated carbocycles. The normalized spacial score (nSPS) is 23.1. The second-order valence-electron chi connectivity index (χ2n) is 7.54. The van der Waals surface area contributed by atoms with Crippen molar-refractivity contribution in [3.05, 3.63) is 0 Å². The van der Waals surface area contributed by atoms with Crippen molar-refractivity contribution < 1.29 is 9.53 Å². The SMILES string of the molecule is CC(C)C1CCCCC1NCCCNC(=O)OC(C)(C)C. The molecule has 1 aliphatic rings. The lowest BCUT2D eigenvalue weighted by Gasteiger charge is -2.35. The lowest BCUT2D eigenvalue weighted by molar-refractivity contribution is 0.0527. The summed E-state index contributed by atoms with van der Waals surface area (Å²) in [6.07, 6.45) is 5.99. The fourth-order valence-corrected chi connectivity index (χ4v) is 3.09. The highest BCUT2D eigenvalue weighted by Crippen LogP contribution is 2.30. The third-order valence-corrected chi connectivity index (χ3v) is 4.10. The zero-order chi connectivity index (χ0) is 15.9. The molecule has 21 heavy (non-hydrogen) atoms. The van der Waals surface area contributed by atoms with Gasteiger partial charge in [0.05, 0.1) is 0 Å². The Kier molecular flexibility index (Phi) is 7.50.